The summed E-state index contributed by atoms with van der Waals surface area (Å²) in [6.45, 7) is 3.05. The second-order valence-corrected chi connectivity index (χ2v) is 8.76. The number of hydrogen-bond acceptors (Lipinski definition) is 3. The van der Waals surface area contributed by atoms with Gasteiger partial charge in [-0.15, -0.1) is 0 Å². The van der Waals surface area contributed by atoms with Crippen LogP contribution in [0.15, 0.2) is 48.7 Å². The highest BCUT2D eigenvalue weighted by Crippen LogP contribution is 2.25. The maximum absolute atomic E-state index is 14.1. The highest BCUT2D eigenvalue weighted by Gasteiger charge is 2.37. The number of aromatic nitrogens is 1. The molecule has 5 rings (SSSR count). The number of anilines is 1. The molecule has 8 heteroatoms. The van der Waals surface area contributed by atoms with Crippen LogP contribution < -0.4 is 4.90 Å². The largest absolute Gasteiger partial charge is 0.366 e. The normalized spacial score (nSPS) is 19.0. The van der Waals surface area contributed by atoms with Crippen molar-refractivity contribution in [1.29, 1.82) is 0 Å². The summed E-state index contributed by atoms with van der Waals surface area (Å²) in [5.41, 5.74) is 2.38. The van der Waals surface area contributed by atoms with Crippen LogP contribution in [0, 0.1) is 17.6 Å². The second-order valence-electron chi connectivity index (χ2n) is 8.76. The maximum atomic E-state index is 14.1. The van der Waals surface area contributed by atoms with Crippen molar-refractivity contribution in [3.8, 4) is 0 Å². The lowest BCUT2D eigenvalue weighted by atomic mass is 10.1. The zero-order valence-corrected chi connectivity index (χ0v) is 18.3. The lowest BCUT2D eigenvalue weighted by Gasteiger charge is -2.37. The van der Waals surface area contributed by atoms with Crippen molar-refractivity contribution in [3.05, 3.63) is 65.9 Å². The number of H-pyrrole nitrogens is 1. The molecule has 0 bridgehead atoms. The highest BCUT2D eigenvalue weighted by molar-refractivity contribution is 5.89. The van der Waals surface area contributed by atoms with E-state index in [1.54, 1.807) is 34.1 Å². The Kier molecular flexibility index (Phi) is 5.74. The van der Waals surface area contributed by atoms with Gasteiger partial charge in [0.2, 0.25) is 11.8 Å². The number of nitrogens with zero attached hydrogens (tertiary/aromatic N) is 3. The van der Waals surface area contributed by atoms with Crippen LogP contribution in [0.1, 0.15) is 12.0 Å². The van der Waals surface area contributed by atoms with E-state index >= 15 is 0 Å². The minimum atomic E-state index is -0.349. The molecular formula is C25H26F2N4O2. The molecule has 0 spiro atoms. The van der Waals surface area contributed by atoms with Crippen molar-refractivity contribution in [2.45, 2.75) is 12.8 Å². The van der Waals surface area contributed by atoms with Crippen LogP contribution in [0.2, 0.25) is 0 Å². The lowest BCUT2D eigenvalue weighted by Crippen LogP contribution is -2.51. The summed E-state index contributed by atoms with van der Waals surface area (Å²) < 4.78 is 27.7. The summed E-state index contributed by atoms with van der Waals surface area (Å²) in [7, 11) is 0. The number of aromatic amines is 1. The highest BCUT2D eigenvalue weighted by atomic mass is 19.1. The van der Waals surface area contributed by atoms with Gasteiger partial charge in [-0.25, -0.2) is 8.78 Å². The van der Waals surface area contributed by atoms with Crippen LogP contribution in [0.4, 0.5) is 14.5 Å². The Labute approximate surface area is 190 Å². The van der Waals surface area contributed by atoms with Gasteiger partial charge in [0.15, 0.2) is 0 Å². The SMILES string of the molecule is O=C1CC(C(=O)N2CCN(c3ccccc3F)CC2)CN1CCc1c[nH]c2ccc(F)cc12. The van der Waals surface area contributed by atoms with Gasteiger partial charge in [0.05, 0.1) is 11.6 Å². The third-order valence-electron chi connectivity index (χ3n) is 6.73. The smallest absolute Gasteiger partial charge is 0.228 e. The fourth-order valence-electron chi connectivity index (χ4n) is 4.90. The average Bonchev–Trinajstić information content (AvgIpc) is 3.40. The predicted octanol–water partition coefficient (Wildman–Crippen LogP) is 3.19. The van der Waals surface area contributed by atoms with E-state index in [2.05, 4.69) is 4.98 Å². The van der Waals surface area contributed by atoms with Crippen molar-refractivity contribution in [1.82, 2.24) is 14.8 Å². The first-order valence-electron chi connectivity index (χ1n) is 11.3. The number of hydrogen-bond donors (Lipinski definition) is 1. The van der Waals surface area contributed by atoms with Crippen molar-refractivity contribution < 1.29 is 18.4 Å². The predicted molar refractivity (Wildman–Crippen MR) is 122 cm³/mol. The number of amides is 2. The van der Waals surface area contributed by atoms with Gasteiger partial charge in [-0.3, -0.25) is 9.59 Å². The molecule has 0 saturated carbocycles. The standard InChI is InChI=1S/C25H26F2N4O2/c26-19-5-6-22-20(14-19)17(15-28-22)7-8-31-16-18(13-24(31)32)25(33)30-11-9-29(10-12-30)23-4-2-1-3-21(23)27/h1-6,14-15,18,28H,7-13,16H2. The summed E-state index contributed by atoms with van der Waals surface area (Å²) in [6, 6.07) is 11.3. The molecule has 2 fully saturated rings. The van der Waals surface area contributed by atoms with E-state index in [1.807, 2.05) is 11.1 Å². The molecule has 2 aromatic carbocycles. The summed E-state index contributed by atoms with van der Waals surface area (Å²) in [6.07, 6.45) is 2.66. The second kappa shape index (κ2) is 8.84. The lowest BCUT2D eigenvalue weighted by molar-refractivity contribution is -0.136. The Bertz CT molecular complexity index is 1190. The molecule has 6 nitrogen and oxygen atoms in total. The van der Waals surface area contributed by atoms with Crippen molar-refractivity contribution in [2.75, 3.05) is 44.2 Å². The van der Waals surface area contributed by atoms with E-state index in [0.717, 1.165) is 16.5 Å². The van der Waals surface area contributed by atoms with E-state index in [0.29, 0.717) is 51.4 Å². The van der Waals surface area contributed by atoms with E-state index in [-0.39, 0.29) is 35.8 Å². The molecule has 172 valence electrons. The van der Waals surface area contributed by atoms with Gasteiger partial charge in [-0.05, 0) is 42.3 Å². The molecule has 1 N–H and O–H groups in total. The molecule has 0 aliphatic carbocycles. The first-order chi connectivity index (χ1) is 16.0. The Morgan fingerprint density at radius 2 is 1.85 bits per heavy atom. The third-order valence-corrected chi connectivity index (χ3v) is 6.73. The van der Waals surface area contributed by atoms with E-state index in [9.17, 15) is 18.4 Å². The monoisotopic (exact) mass is 452 g/mol. The maximum Gasteiger partial charge on any atom is 0.228 e. The Hall–Kier alpha value is -3.42. The van der Waals surface area contributed by atoms with Crippen molar-refractivity contribution >= 4 is 28.4 Å². The molecule has 1 aromatic heterocycles. The molecule has 33 heavy (non-hydrogen) atoms. The minimum Gasteiger partial charge on any atom is -0.366 e. The molecule has 1 unspecified atom stereocenters. The summed E-state index contributed by atoms with van der Waals surface area (Å²) >= 11 is 0. The molecule has 0 radical (unpaired) electrons. The number of fused-ring (bicyclic) bond motifs is 1. The number of benzene rings is 2. The molecule has 2 aliphatic rings. The van der Waals surface area contributed by atoms with Crippen LogP contribution in [0.25, 0.3) is 10.9 Å². The summed E-state index contributed by atoms with van der Waals surface area (Å²) in [4.78, 5) is 34.2. The zero-order valence-electron chi connectivity index (χ0n) is 18.3. The van der Waals surface area contributed by atoms with Crippen molar-refractivity contribution in [2.24, 2.45) is 5.92 Å². The first-order valence-corrected chi connectivity index (χ1v) is 11.3. The molecular weight excluding hydrogens is 426 g/mol. The first kappa shape index (κ1) is 21.4. The number of piperazine rings is 1. The van der Waals surface area contributed by atoms with Gasteiger partial charge < -0.3 is 19.7 Å². The Morgan fingerprint density at radius 3 is 2.64 bits per heavy atom. The zero-order chi connectivity index (χ0) is 22.9. The van der Waals surface area contributed by atoms with Gasteiger partial charge in [-0.2, -0.15) is 0 Å². The van der Waals surface area contributed by atoms with Gasteiger partial charge in [-0.1, -0.05) is 12.1 Å². The minimum absolute atomic E-state index is 0.00630. The van der Waals surface area contributed by atoms with E-state index in [1.165, 1.54) is 18.2 Å². The van der Waals surface area contributed by atoms with Gasteiger partial charge in [0.25, 0.3) is 0 Å². The van der Waals surface area contributed by atoms with Crippen LogP contribution in [0.5, 0.6) is 0 Å². The number of nitrogens with one attached hydrogen (secondary N) is 1. The number of carbonyl (C=O) groups is 2. The van der Waals surface area contributed by atoms with E-state index in [4.69, 9.17) is 0 Å². The van der Waals surface area contributed by atoms with Crippen LogP contribution in [-0.4, -0.2) is 65.9 Å². The molecule has 2 saturated heterocycles. The quantitative estimate of drug-likeness (QED) is 0.647. The van der Waals surface area contributed by atoms with Gasteiger partial charge >= 0.3 is 0 Å². The number of likely N-dealkylation sites (tertiary alicyclic amines) is 1. The van der Waals surface area contributed by atoms with Crippen molar-refractivity contribution in [3.63, 3.8) is 0 Å². The topological polar surface area (TPSA) is 59.7 Å². The molecule has 2 aliphatic heterocycles. The van der Waals surface area contributed by atoms with E-state index < -0.39 is 0 Å². The fraction of sp³-hybridized carbons (Fsp3) is 0.360. The number of carbonyl (C=O) groups excluding carboxylic acids is 2. The average molecular weight is 453 g/mol. The van der Waals surface area contributed by atoms with Crippen LogP contribution >= 0.6 is 0 Å². The van der Waals surface area contributed by atoms with Gasteiger partial charge in [0.1, 0.15) is 11.6 Å². The number of halogens is 2. The summed E-state index contributed by atoms with van der Waals surface area (Å²) in [5, 5.41) is 0.821. The van der Waals surface area contributed by atoms with Crippen LogP contribution in [-0.2, 0) is 16.0 Å². The molecule has 3 heterocycles. The number of para-hydroxylation sites is 1. The molecule has 1 atom stereocenters. The number of rotatable bonds is 5. The van der Waals surface area contributed by atoms with Gasteiger partial charge in [0, 0.05) is 62.8 Å². The summed E-state index contributed by atoms with van der Waals surface area (Å²) in [5.74, 6) is -0.927. The molecule has 3 aromatic rings. The fourth-order valence-corrected chi connectivity index (χ4v) is 4.90. The molecule has 2 amide bonds. The van der Waals surface area contributed by atoms with Crippen LogP contribution in [0.3, 0.4) is 0 Å². The Morgan fingerprint density at radius 1 is 1.06 bits per heavy atom. The third kappa shape index (κ3) is 4.29. The Balaban J connectivity index is 1.16.